The second kappa shape index (κ2) is 10.2. The van der Waals surface area contributed by atoms with E-state index in [1.54, 1.807) is 25.4 Å². The molecular weight excluding hydrogens is 373 g/mol. The summed E-state index contributed by atoms with van der Waals surface area (Å²) >= 11 is 0. The zero-order valence-electron chi connectivity index (χ0n) is 16.6. The second-order valence-corrected chi connectivity index (χ2v) is 6.77. The molecular formula is C22H26FN3O3. The largest absolute Gasteiger partial charge is 0.496 e. The number of rotatable bonds is 10. The van der Waals surface area contributed by atoms with Gasteiger partial charge in [-0.1, -0.05) is 30.3 Å². The van der Waals surface area contributed by atoms with Gasteiger partial charge in [0.25, 0.3) is 0 Å². The Labute approximate surface area is 169 Å². The van der Waals surface area contributed by atoms with Gasteiger partial charge in [0.1, 0.15) is 17.4 Å². The lowest BCUT2D eigenvalue weighted by Gasteiger charge is -2.21. The highest BCUT2D eigenvalue weighted by Gasteiger charge is 2.19. The fourth-order valence-corrected chi connectivity index (χ4v) is 3.11. The van der Waals surface area contributed by atoms with Gasteiger partial charge in [0.15, 0.2) is 0 Å². The molecule has 1 aromatic heterocycles. The smallest absolute Gasteiger partial charge is 0.130 e. The minimum Gasteiger partial charge on any atom is -0.496 e. The number of ether oxygens (including phenoxy) is 2. The van der Waals surface area contributed by atoms with Gasteiger partial charge >= 0.3 is 0 Å². The van der Waals surface area contributed by atoms with Gasteiger partial charge in [-0.15, -0.1) is 0 Å². The maximum Gasteiger partial charge on any atom is 0.130 e. The van der Waals surface area contributed by atoms with Crippen LogP contribution in [0.15, 0.2) is 60.9 Å². The van der Waals surface area contributed by atoms with Crippen molar-refractivity contribution >= 4 is 0 Å². The maximum atomic E-state index is 13.3. The Balaban J connectivity index is 1.57. The van der Waals surface area contributed by atoms with Gasteiger partial charge in [-0.3, -0.25) is 0 Å². The molecule has 0 spiro atoms. The minimum absolute atomic E-state index is 0.168. The predicted octanol–water partition coefficient (Wildman–Crippen LogP) is 2.82. The van der Waals surface area contributed by atoms with Crippen molar-refractivity contribution in [3.05, 3.63) is 83.7 Å². The first kappa shape index (κ1) is 21.0. The summed E-state index contributed by atoms with van der Waals surface area (Å²) in [6.45, 7) is 0.810. The van der Waals surface area contributed by atoms with Gasteiger partial charge in [0.05, 0.1) is 32.5 Å². The third-order valence-corrected chi connectivity index (χ3v) is 4.64. The molecule has 2 N–H and O–H groups in total. The molecule has 0 saturated heterocycles. The molecule has 7 heteroatoms. The van der Waals surface area contributed by atoms with E-state index in [9.17, 15) is 9.50 Å². The normalized spacial score (nSPS) is 13.2. The first-order valence-corrected chi connectivity index (χ1v) is 9.42. The molecule has 3 rings (SSSR count). The van der Waals surface area contributed by atoms with E-state index in [0.717, 1.165) is 22.7 Å². The van der Waals surface area contributed by atoms with Crippen LogP contribution in [0.4, 0.5) is 4.39 Å². The monoisotopic (exact) mass is 399 g/mol. The van der Waals surface area contributed by atoms with Crippen molar-refractivity contribution in [1.29, 1.82) is 0 Å². The lowest BCUT2D eigenvalue weighted by Crippen LogP contribution is -2.34. The number of nitrogens with zero attached hydrogens (tertiary/aromatic N) is 2. The number of benzene rings is 2. The fraction of sp³-hybridized carbons (Fsp3) is 0.318. The number of hydrogen-bond acceptors (Lipinski definition) is 5. The first-order chi connectivity index (χ1) is 14.1. The van der Waals surface area contributed by atoms with Crippen LogP contribution in [0, 0.1) is 5.82 Å². The van der Waals surface area contributed by atoms with E-state index < -0.39 is 6.10 Å². The van der Waals surface area contributed by atoms with Crippen LogP contribution >= 0.6 is 0 Å². The summed E-state index contributed by atoms with van der Waals surface area (Å²) in [6.07, 6.45) is 2.84. The topological polar surface area (TPSA) is 68.5 Å². The molecule has 0 amide bonds. The van der Waals surface area contributed by atoms with Crippen molar-refractivity contribution in [2.24, 2.45) is 7.05 Å². The number of nitrogens with one attached hydrogen (secondary N) is 1. The van der Waals surface area contributed by atoms with Crippen LogP contribution in [-0.2, 0) is 18.4 Å². The molecule has 0 fully saturated rings. The van der Waals surface area contributed by atoms with Crippen molar-refractivity contribution in [1.82, 2.24) is 14.9 Å². The number of hydrogen-bond donors (Lipinski definition) is 2. The molecule has 0 bridgehead atoms. The van der Waals surface area contributed by atoms with Gasteiger partial charge < -0.3 is 24.5 Å². The third kappa shape index (κ3) is 5.63. The molecule has 29 heavy (non-hydrogen) atoms. The number of aliphatic hydroxyl groups excluding tert-OH is 1. The number of aryl methyl sites for hydroxylation is 1. The van der Waals surface area contributed by atoms with E-state index >= 15 is 0 Å². The quantitative estimate of drug-likeness (QED) is 0.549. The van der Waals surface area contributed by atoms with Crippen LogP contribution < -0.4 is 10.1 Å². The van der Waals surface area contributed by atoms with Crippen LogP contribution in [0.5, 0.6) is 5.75 Å². The lowest BCUT2D eigenvalue weighted by atomic mass is 10.1. The molecule has 6 nitrogen and oxygen atoms in total. The van der Waals surface area contributed by atoms with E-state index in [-0.39, 0.29) is 18.5 Å². The highest BCUT2D eigenvalue weighted by Crippen LogP contribution is 2.21. The second-order valence-electron chi connectivity index (χ2n) is 6.77. The Morgan fingerprint density at radius 3 is 2.62 bits per heavy atom. The van der Waals surface area contributed by atoms with Crippen LogP contribution in [-0.4, -0.2) is 41.0 Å². The van der Waals surface area contributed by atoms with E-state index in [4.69, 9.17) is 9.47 Å². The van der Waals surface area contributed by atoms with Crippen molar-refractivity contribution in [2.75, 3.05) is 20.3 Å². The van der Waals surface area contributed by atoms with Gasteiger partial charge in [0, 0.05) is 31.5 Å². The highest BCUT2D eigenvalue weighted by molar-refractivity contribution is 5.32. The average molecular weight is 399 g/mol. The molecule has 0 aliphatic rings. The van der Waals surface area contributed by atoms with Gasteiger partial charge in [-0.2, -0.15) is 0 Å². The molecule has 154 valence electrons. The Bertz CT molecular complexity index is 898. The van der Waals surface area contributed by atoms with Crippen molar-refractivity contribution in [3.63, 3.8) is 0 Å². The summed E-state index contributed by atoms with van der Waals surface area (Å²) in [4.78, 5) is 4.39. The number of aliphatic hydroxyl groups is 1. The van der Waals surface area contributed by atoms with Gasteiger partial charge in [0.2, 0.25) is 0 Å². The summed E-state index contributed by atoms with van der Waals surface area (Å²) < 4.78 is 26.2. The Morgan fingerprint density at radius 1 is 1.17 bits per heavy atom. The SMILES string of the molecule is COc1ccccc1COC[C@@H](O)CN[C@@H](c1ccc(F)cc1)c1nccn1C. The number of para-hydroxylation sites is 1. The van der Waals surface area contributed by atoms with Gasteiger partial charge in [-0.05, 0) is 23.8 Å². The number of methoxy groups -OCH3 is 1. The molecule has 0 unspecified atom stereocenters. The van der Waals surface area contributed by atoms with Crippen LogP contribution in [0.25, 0.3) is 0 Å². The van der Waals surface area contributed by atoms with E-state index in [2.05, 4.69) is 10.3 Å². The molecule has 0 aliphatic heterocycles. The predicted molar refractivity (Wildman–Crippen MR) is 108 cm³/mol. The summed E-state index contributed by atoms with van der Waals surface area (Å²) in [5.41, 5.74) is 1.79. The van der Waals surface area contributed by atoms with E-state index in [1.165, 1.54) is 12.1 Å². The van der Waals surface area contributed by atoms with E-state index in [0.29, 0.717) is 13.2 Å². The first-order valence-electron chi connectivity index (χ1n) is 9.42. The molecule has 2 atom stereocenters. The number of imidazole rings is 1. The lowest BCUT2D eigenvalue weighted by molar-refractivity contribution is 0.0273. The number of aromatic nitrogens is 2. The maximum absolute atomic E-state index is 13.3. The van der Waals surface area contributed by atoms with Crippen LogP contribution in [0.3, 0.4) is 0 Å². The Hall–Kier alpha value is -2.74. The highest BCUT2D eigenvalue weighted by atomic mass is 19.1. The summed E-state index contributed by atoms with van der Waals surface area (Å²) in [5.74, 6) is 1.24. The zero-order chi connectivity index (χ0) is 20.6. The Kier molecular flexibility index (Phi) is 7.35. The summed E-state index contributed by atoms with van der Waals surface area (Å²) in [6, 6.07) is 13.6. The molecule has 0 saturated carbocycles. The molecule has 2 aromatic carbocycles. The summed E-state index contributed by atoms with van der Waals surface area (Å²) in [5, 5.41) is 13.7. The van der Waals surface area contributed by atoms with Crippen LogP contribution in [0.1, 0.15) is 23.0 Å². The molecule has 3 aromatic rings. The number of halogens is 1. The van der Waals surface area contributed by atoms with E-state index in [1.807, 2.05) is 42.1 Å². The molecule has 0 radical (unpaired) electrons. The summed E-state index contributed by atoms with van der Waals surface area (Å²) in [7, 11) is 3.51. The van der Waals surface area contributed by atoms with Crippen molar-refractivity contribution < 1.29 is 19.0 Å². The standard InChI is InChI=1S/C22H26FN3O3/c1-26-12-11-24-22(26)21(16-7-9-18(23)10-8-16)25-13-19(27)15-29-14-17-5-3-4-6-20(17)28-2/h3-12,19,21,25,27H,13-15H2,1-2H3/t19-,21-/m0/s1. The average Bonchev–Trinajstić information content (AvgIpc) is 3.15. The zero-order valence-corrected chi connectivity index (χ0v) is 16.6. The minimum atomic E-state index is -0.715. The molecule has 1 heterocycles. The van der Waals surface area contributed by atoms with Crippen LogP contribution in [0.2, 0.25) is 0 Å². The van der Waals surface area contributed by atoms with Crippen molar-refractivity contribution in [3.8, 4) is 5.75 Å². The fourth-order valence-electron chi connectivity index (χ4n) is 3.11. The molecule has 0 aliphatic carbocycles. The van der Waals surface area contributed by atoms with Gasteiger partial charge in [-0.25, -0.2) is 9.37 Å². The third-order valence-electron chi connectivity index (χ3n) is 4.64. The van der Waals surface area contributed by atoms with Crippen molar-refractivity contribution in [2.45, 2.75) is 18.8 Å². The Morgan fingerprint density at radius 2 is 1.93 bits per heavy atom.